The van der Waals surface area contributed by atoms with Gasteiger partial charge in [0.1, 0.15) is 0 Å². The number of hydrogen-bond acceptors (Lipinski definition) is 12. The van der Waals surface area contributed by atoms with Gasteiger partial charge in [-0.25, -0.2) is 16.8 Å². The first-order valence-corrected chi connectivity index (χ1v) is 25.2. The summed E-state index contributed by atoms with van der Waals surface area (Å²) in [5.41, 5.74) is 2.69. The molecule has 0 saturated carbocycles. The number of carboxylic acid groups (broad SMARTS) is 2. The Morgan fingerprint density at radius 1 is 0.550 bits per heavy atom. The minimum Gasteiger partial charge on any atom is -0.545 e. The van der Waals surface area contributed by atoms with E-state index in [1.54, 1.807) is 48.5 Å². The molecule has 0 spiro atoms. The van der Waals surface area contributed by atoms with E-state index in [1.807, 2.05) is 0 Å². The number of aliphatic hydroxyl groups is 2. The van der Waals surface area contributed by atoms with Gasteiger partial charge in [0.25, 0.3) is 0 Å². The van der Waals surface area contributed by atoms with Crippen LogP contribution in [0.5, 0.6) is 0 Å². The molecule has 0 aliphatic carbocycles. The van der Waals surface area contributed by atoms with Gasteiger partial charge in [0.05, 0.1) is 36.7 Å². The number of unbranched alkanes of at least 4 members (excludes halogenated alkanes) is 8. The van der Waals surface area contributed by atoms with Crippen LogP contribution in [0.4, 0.5) is 11.4 Å². The van der Waals surface area contributed by atoms with E-state index in [9.17, 15) is 46.9 Å². The third kappa shape index (κ3) is 32.3. The highest BCUT2D eigenvalue weighted by Crippen LogP contribution is 2.22. The third-order valence-electron chi connectivity index (χ3n) is 9.51. The zero-order valence-corrected chi connectivity index (χ0v) is 38.6. The van der Waals surface area contributed by atoms with Crippen molar-refractivity contribution in [3.05, 3.63) is 71.8 Å². The van der Waals surface area contributed by atoms with Crippen LogP contribution in [0.15, 0.2) is 60.7 Å². The Morgan fingerprint density at radius 3 is 1.12 bits per heavy atom. The second-order valence-corrected chi connectivity index (χ2v) is 18.5. The molecule has 2 rings (SSSR count). The zero-order valence-electron chi connectivity index (χ0n) is 36.9. The molecule has 0 radical (unpaired) electrons. The fraction of sp³-hybridized carbons (Fsp3) is 0.636. The summed E-state index contributed by atoms with van der Waals surface area (Å²) >= 11 is 0. The Hall–Kier alpha value is -3.54. The predicted octanol–water partition coefficient (Wildman–Crippen LogP) is 5.37. The van der Waals surface area contributed by atoms with Gasteiger partial charge in [-0.3, -0.25) is 9.44 Å². The first-order valence-electron chi connectivity index (χ1n) is 21.4. The van der Waals surface area contributed by atoms with Crippen molar-refractivity contribution in [2.75, 3.05) is 61.2 Å². The number of aliphatic hydroxyl groups excluding tert-OH is 2. The Morgan fingerprint density at radius 2 is 0.850 bits per heavy atom. The molecule has 2 aromatic rings. The molecule has 60 heavy (non-hydrogen) atoms. The Balaban J connectivity index is 0.000000982. The standard InChI is InChI=1S/2C20H36N2O3S.C4H4O4/c2*1-4-6-7-8-9-16-22(5-2)17-10-11-20(23)18-12-14-19(15-13-18)21-26(3,24)25;5-3(6)1-2-4(7)8/h2*12-15,20-21,23H,4-11,16-17H2,1-3H3;1-2H,(H,5,6)(H,7,8)/p-2/b;;2-1+/t2*20-;/m00./s1. The Labute approximate surface area is 361 Å². The molecular weight excluding hydrogens is 809 g/mol. The molecule has 0 heterocycles. The van der Waals surface area contributed by atoms with Crippen LogP contribution in [0.25, 0.3) is 0 Å². The number of nitrogens with zero attached hydrogens (tertiary/aromatic N) is 2. The number of hydrogen-bond donors (Lipinski definition) is 4. The van der Waals surface area contributed by atoms with Crippen LogP contribution in [0.2, 0.25) is 0 Å². The minimum absolute atomic E-state index is 0.384. The van der Waals surface area contributed by atoms with Crippen LogP contribution in [-0.2, 0) is 29.6 Å². The lowest BCUT2D eigenvalue weighted by Crippen LogP contribution is -2.26. The fourth-order valence-corrected chi connectivity index (χ4v) is 7.32. The summed E-state index contributed by atoms with van der Waals surface area (Å²) < 4.78 is 49.7. The van der Waals surface area contributed by atoms with Gasteiger partial charge >= 0.3 is 0 Å². The van der Waals surface area contributed by atoms with Gasteiger partial charge in [-0.05, 0) is 125 Å². The highest BCUT2D eigenvalue weighted by molar-refractivity contribution is 7.92. The highest BCUT2D eigenvalue weighted by atomic mass is 32.2. The maximum Gasteiger partial charge on any atom is 0.229 e. The number of rotatable bonds is 30. The van der Waals surface area contributed by atoms with E-state index in [1.165, 1.54) is 64.2 Å². The molecule has 4 N–H and O–H groups in total. The van der Waals surface area contributed by atoms with E-state index in [0.717, 1.165) is 75.7 Å². The van der Waals surface area contributed by atoms with Crippen LogP contribution in [0, 0.1) is 0 Å². The Bertz CT molecular complexity index is 1550. The topological polar surface area (TPSA) is 220 Å². The summed E-state index contributed by atoms with van der Waals surface area (Å²) in [5.74, 6) is -3.09. The van der Waals surface area contributed by atoms with Gasteiger partial charge in [0, 0.05) is 11.4 Å². The molecule has 16 heteroatoms. The lowest BCUT2D eigenvalue weighted by molar-refractivity contribution is -0.301. The molecule has 0 aliphatic heterocycles. The maximum absolute atomic E-state index is 11.2. The molecule has 0 aromatic heterocycles. The van der Waals surface area contributed by atoms with Crippen molar-refractivity contribution in [3.63, 3.8) is 0 Å². The van der Waals surface area contributed by atoms with E-state index < -0.39 is 44.2 Å². The molecule has 0 bridgehead atoms. The highest BCUT2D eigenvalue weighted by Gasteiger charge is 2.12. The number of carboxylic acids is 2. The third-order valence-corrected chi connectivity index (χ3v) is 10.7. The van der Waals surface area contributed by atoms with E-state index in [4.69, 9.17) is 0 Å². The SMILES string of the molecule is CCCCCCCN(CC)CCC[C@H](O)c1ccc(NS(C)(=O)=O)cc1.CCCCCCCN(CC)CCC[C@H](O)c1ccc(NS(C)(=O)=O)cc1.O=C([O-])/C=C/C(=O)[O-]. The number of sulfonamides is 2. The number of nitrogens with one attached hydrogen (secondary N) is 2. The summed E-state index contributed by atoms with van der Waals surface area (Å²) in [4.78, 5) is 23.7. The van der Waals surface area contributed by atoms with Crippen molar-refractivity contribution in [1.82, 2.24) is 9.80 Å². The monoisotopic (exact) mass is 882 g/mol. The molecule has 14 nitrogen and oxygen atoms in total. The van der Waals surface area contributed by atoms with Gasteiger partial charge < -0.3 is 39.8 Å². The van der Waals surface area contributed by atoms with Gasteiger partial charge in [-0.2, -0.15) is 0 Å². The van der Waals surface area contributed by atoms with Crippen molar-refractivity contribution in [2.24, 2.45) is 0 Å². The normalized spacial score (nSPS) is 12.6. The van der Waals surface area contributed by atoms with Crippen LogP contribution < -0.4 is 19.7 Å². The average Bonchev–Trinajstić information content (AvgIpc) is 3.18. The lowest BCUT2D eigenvalue weighted by atomic mass is 10.0. The molecule has 0 amide bonds. The fourth-order valence-electron chi connectivity index (χ4n) is 6.19. The molecule has 2 atom stereocenters. The number of aliphatic carboxylic acids is 2. The molecule has 0 fully saturated rings. The summed E-state index contributed by atoms with van der Waals surface area (Å²) in [6.07, 6.45) is 18.3. The lowest BCUT2D eigenvalue weighted by Gasteiger charge is -2.21. The van der Waals surface area contributed by atoms with Gasteiger partial charge in [-0.15, -0.1) is 0 Å². The van der Waals surface area contributed by atoms with Crippen molar-refractivity contribution >= 4 is 43.4 Å². The quantitative estimate of drug-likeness (QED) is 0.0575. The molecule has 2 aromatic carbocycles. The average molecular weight is 883 g/mol. The molecule has 0 saturated heterocycles. The van der Waals surface area contributed by atoms with E-state index in [2.05, 4.69) is 46.9 Å². The molecule has 0 unspecified atom stereocenters. The summed E-state index contributed by atoms with van der Waals surface area (Å²) in [7, 11) is -6.54. The van der Waals surface area contributed by atoms with Crippen LogP contribution in [0.1, 0.15) is 141 Å². The maximum atomic E-state index is 11.2. The van der Waals surface area contributed by atoms with Gasteiger partial charge in [0.15, 0.2) is 0 Å². The van der Waals surface area contributed by atoms with E-state index >= 15 is 0 Å². The van der Waals surface area contributed by atoms with Gasteiger partial charge in [-0.1, -0.05) is 103 Å². The second kappa shape index (κ2) is 33.1. The number of carbonyl (C=O) groups excluding carboxylic acids is 2. The summed E-state index contributed by atoms with van der Waals surface area (Å²) in [6, 6.07) is 13.9. The minimum atomic E-state index is -3.27. The number of carbonyl (C=O) groups is 2. The molecular formula is C44H74N4O10S2-2. The number of anilines is 2. The summed E-state index contributed by atoms with van der Waals surface area (Å²) in [6.45, 7) is 15.3. The van der Waals surface area contributed by atoms with E-state index in [-0.39, 0.29) is 0 Å². The first-order chi connectivity index (χ1) is 28.3. The van der Waals surface area contributed by atoms with Crippen molar-refractivity contribution in [1.29, 1.82) is 0 Å². The second-order valence-electron chi connectivity index (χ2n) is 15.0. The van der Waals surface area contributed by atoms with E-state index in [0.29, 0.717) is 36.4 Å². The van der Waals surface area contributed by atoms with Crippen molar-refractivity contribution < 1.29 is 46.9 Å². The van der Waals surface area contributed by atoms with Crippen LogP contribution in [0.3, 0.4) is 0 Å². The zero-order chi connectivity index (χ0) is 45.4. The largest absolute Gasteiger partial charge is 0.545 e. The van der Waals surface area contributed by atoms with Crippen LogP contribution >= 0.6 is 0 Å². The Kier molecular flexibility index (Phi) is 31.2. The molecule has 344 valence electrons. The van der Waals surface area contributed by atoms with Crippen molar-refractivity contribution in [3.8, 4) is 0 Å². The first kappa shape index (κ1) is 56.5. The van der Waals surface area contributed by atoms with Crippen LogP contribution in [-0.4, -0.2) is 101 Å². The molecule has 0 aliphatic rings. The summed E-state index contributed by atoms with van der Waals surface area (Å²) in [5, 5.41) is 39.5. The number of benzene rings is 2. The smallest absolute Gasteiger partial charge is 0.229 e. The predicted molar refractivity (Wildman–Crippen MR) is 239 cm³/mol. The van der Waals surface area contributed by atoms with Crippen molar-refractivity contribution in [2.45, 2.75) is 130 Å². The van der Waals surface area contributed by atoms with Gasteiger partial charge in [0.2, 0.25) is 20.0 Å².